The van der Waals surface area contributed by atoms with E-state index in [4.69, 9.17) is 19.9 Å². The van der Waals surface area contributed by atoms with Gasteiger partial charge in [0.15, 0.2) is 6.79 Å². The zero-order valence-electron chi connectivity index (χ0n) is 11.9. The highest BCUT2D eigenvalue weighted by Gasteiger charge is 2.17. The molecule has 1 aliphatic carbocycles. The van der Waals surface area contributed by atoms with E-state index in [0.717, 1.165) is 35.1 Å². The lowest BCUT2D eigenvalue weighted by atomic mass is 9.90. The summed E-state index contributed by atoms with van der Waals surface area (Å²) in [6, 6.07) is 3.87. The van der Waals surface area contributed by atoms with Crippen molar-refractivity contribution in [3.63, 3.8) is 0 Å². The van der Waals surface area contributed by atoms with Gasteiger partial charge in [-0.25, -0.2) is 0 Å². The molecule has 0 bridgehead atoms. The molecular weight excluding hydrogens is 254 g/mol. The molecule has 0 radical (unpaired) electrons. The topological polar surface area (TPSA) is 53.7 Å². The van der Waals surface area contributed by atoms with Crippen LogP contribution in [0.15, 0.2) is 12.1 Å². The standard InChI is InChI=1S/C16H23NO3/c17-15-6-13(16-14(7-15)10-19-11-20-16)9-18-8-12-4-2-1-3-5-12/h6-7,12H,1-5,8-11,17H2. The molecule has 4 heteroatoms. The van der Waals surface area contributed by atoms with Crippen LogP contribution in [0.25, 0.3) is 0 Å². The van der Waals surface area contributed by atoms with Crippen molar-refractivity contribution in [3.8, 4) is 5.75 Å². The maximum atomic E-state index is 5.93. The van der Waals surface area contributed by atoms with Crippen molar-refractivity contribution in [2.75, 3.05) is 19.1 Å². The van der Waals surface area contributed by atoms with E-state index in [1.54, 1.807) is 0 Å². The minimum Gasteiger partial charge on any atom is -0.467 e. The van der Waals surface area contributed by atoms with Crippen LogP contribution in [0.4, 0.5) is 5.69 Å². The molecule has 0 atom stereocenters. The van der Waals surface area contributed by atoms with Crippen LogP contribution in [-0.4, -0.2) is 13.4 Å². The number of nitrogen functional groups attached to an aromatic ring is 1. The number of ether oxygens (including phenoxy) is 3. The molecule has 0 saturated heterocycles. The van der Waals surface area contributed by atoms with Crippen LogP contribution in [0, 0.1) is 5.92 Å². The lowest BCUT2D eigenvalue weighted by Gasteiger charge is -2.23. The normalized spacial score (nSPS) is 19.4. The van der Waals surface area contributed by atoms with Gasteiger partial charge in [-0.05, 0) is 30.9 Å². The van der Waals surface area contributed by atoms with Crippen molar-refractivity contribution in [2.24, 2.45) is 5.92 Å². The molecule has 1 aromatic carbocycles. The minimum atomic E-state index is 0.312. The van der Waals surface area contributed by atoms with E-state index >= 15 is 0 Å². The minimum absolute atomic E-state index is 0.312. The average Bonchev–Trinajstić information content (AvgIpc) is 2.48. The van der Waals surface area contributed by atoms with Crippen LogP contribution in [0.5, 0.6) is 5.75 Å². The van der Waals surface area contributed by atoms with Gasteiger partial charge >= 0.3 is 0 Å². The molecule has 1 saturated carbocycles. The monoisotopic (exact) mass is 277 g/mol. The van der Waals surface area contributed by atoms with E-state index in [1.165, 1.54) is 32.1 Å². The lowest BCUT2D eigenvalue weighted by molar-refractivity contribution is -0.0188. The molecule has 3 rings (SSSR count). The summed E-state index contributed by atoms with van der Waals surface area (Å²) in [6.45, 7) is 2.30. The predicted molar refractivity (Wildman–Crippen MR) is 77.4 cm³/mol. The van der Waals surface area contributed by atoms with E-state index in [0.29, 0.717) is 20.0 Å². The smallest absolute Gasteiger partial charge is 0.189 e. The Hall–Kier alpha value is -1.26. The van der Waals surface area contributed by atoms with Gasteiger partial charge in [-0.15, -0.1) is 0 Å². The van der Waals surface area contributed by atoms with Crippen molar-refractivity contribution in [1.82, 2.24) is 0 Å². The van der Waals surface area contributed by atoms with Crippen molar-refractivity contribution in [1.29, 1.82) is 0 Å². The molecule has 1 heterocycles. The summed E-state index contributed by atoms with van der Waals surface area (Å²) in [5, 5.41) is 0. The summed E-state index contributed by atoms with van der Waals surface area (Å²) in [7, 11) is 0. The Morgan fingerprint density at radius 1 is 1.20 bits per heavy atom. The lowest BCUT2D eigenvalue weighted by Crippen LogP contribution is -2.16. The second-order valence-electron chi connectivity index (χ2n) is 5.80. The fourth-order valence-corrected chi connectivity index (χ4v) is 3.12. The Balaban J connectivity index is 1.60. The first-order valence-electron chi connectivity index (χ1n) is 7.52. The summed E-state index contributed by atoms with van der Waals surface area (Å²) in [5.74, 6) is 1.62. The van der Waals surface area contributed by atoms with Gasteiger partial charge < -0.3 is 19.9 Å². The molecule has 110 valence electrons. The number of rotatable bonds is 4. The summed E-state index contributed by atoms with van der Waals surface area (Å²) >= 11 is 0. The van der Waals surface area contributed by atoms with Crippen molar-refractivity contribution in [2.45, 2.75) is 45.3 Å². The molecule has 20 heavy (non-hydrogen) atoms. The molecule has 0 amide bonds. The molecule has 2 aliphatic rings. The van der Waals surface area contributed by atoms with Gasteiger partial charge in [0.25, 0.3) is 0 Å². The Morgan fingerprint density at radius 3 is 2.90 bits per heavy atom. The predicted octanol–water partition coefficient (Wildman–Crippen LogP) is 3.23. The summed E-state index contributed by atoms with van der Waals surface area (Å²) in [4.78, 5) is 0. The second kappa shape index (κ2) is 6.46. The molecule has 0 unspecified atom stereocenters. The molecular formula is C16H23NO3. The van der Waals surface area contributed by atoms with Crippen molar-refractivity contribution in [3.05, 3.63) is 23.3 Å². The number of fused-ring (bicyclic) bond motifs is 1. The van der Waals surface area contributed by atoms with E-state index in [9.17, 15) is 0 Å². The zero-order valence-corrected chi connectivity index (χ0v) is 11.9. The molecule has 1 fully saturated rings. The molecule has 1 aliphatic heterocycles. The quantitative estimate of drug-likeness (QED) is 0.858. The first-order chi connectivity index (χ1) is 9.83. The van der Waals surface area contributed by atoms with E-state index in [1.807, 2.05) is 12.1 Å². The van der Waals surface area contributed by atoms with Crippen molar-refractivity contribution >= 4 is 5.69 Å². The van der Waals surface area contributed by atoms with Gasteiger partial charge in [0.05, 0.1) is 13.2 Å². The second-order valence-corrected chi connectivity index (χ2v) is 5.80. The third-order valence-electron chi connectivity index (χ3n) is 4.15. The van der Waals surface area contributed by atoms with Crippen LogP contribution in [-0.2, 0) is 22.7 Å². The average molecular weight is 277 g/mol. The fourth-order valence-electron chi connectivity index (χ4n) is 3.12. The van der Waals surface area contributed by atoms with Gasteiger partial charge in [0.2, 0.25) is 0 Å². The van der Waals surface area contributed by atoms with Crippen LogP contribution < -0.4 is 10.5 Å². The largest absolute Gasteiger partial charge is 0.467 e. The van der Waals surface area contributed by atoms with Crippen molar-refractivity contribution < 1.29 is 14.2 Å². The summed E-state index contributed by atoms with van der Waals surface area (Å²) in [5.41, 5.74) is 8.74. The number of nitrogens with two attached hydrogens (primary N) is 1. The van der Waals surface area contributed by atoms with E-state index in [2.05, 4.69) is 0 Å². The van der Waals surface area contributed by atoms with E-state index < -0.39 is 0 Å². The first-order valence-corrected chi connectivity index (χ1v) is 7.52. The van der Waals surface area contributed by atoms with Crippen LogP contribution in [0.2, 0.25) is 0 Å². The molecule has 0 spiro atoms. The van der Waals surface area contributed by atoms with Gasteiger partial charge in [-0.3, -0.25) is 0 Å². The number of hydrogen-bond donors (Lipinski definition) is 1. The Morgan fingerprint density at radius 2 is 2.05 bits per heavy atom. The highest BCUT2D eigenvalue weighted by Crippen LogP contribution is 2.31. The Kier molecular flexibility index (Phi) is 4.43. The van der Waals surface area contributed by atoms with Gasteiger partial charge in [0.1, 0.15) is 5.75 Å². The number of benzene rings is 1. The maximum absolute atomic E-state index is 5.93. The third kappa shape index (κ3) is 3.25. The summed E-state index contributed by atoms with van der Waals surface area (Å²) < 4.78 is 16.8. The highest BCUT2D eigenvalue weighted by atomic mass is 16.7. The Labute approximate surface area is 120 Å². The van der Waals surface area contributed by atoms with Crippen LogP contribution in [0.3, 0.4) is 0 Å². The van der Waals surface area contributed by atoms with E-state index in [-0.39, 0.29) is 0 Å². The SMILES string of the molecule is Nc1cc2c(c(COCC3CCCCC3)c1)OCOC2. The highest BCUT2D eigenvalue weighted by molar-refractivity contribution is 5.53. The van der Waals surface area contributed by atoms with Gasteiger partial charge in [-0.1, -0.05) is 19.3 Å². The van der Waals surface area contributed by atoms with Crippen LogP contribution in [0.1, 0.15) is 43.2 Å². The van der Waals surface area contributed by atoms with Gasteiger partial charge in [0, 0.05) is 23.4 Å². The molecule has 4 nitrogen and oxygen atoms in total. The summed E-state index contributed by atoms with van der Waals surface area (Å²) in [6.07, 6.45) is 6.69. The molecule has 0 aromatic heterocycles. The Bertz CT molecular complexity index is 455. The fraction of sp³-hybridized carbons (Fsp3) is 0.625. The maximum Gasteiger partial charge on any atom is 0.189 e. The zero-order chi connectivity index (χ0) is 13.8. The first kappa shape index (κ1) is 13.7. The third-order valence-corrected chi connectivity index (χ3v) is 4.15. The van der Waals surface area contributed by atoms with Gasteiger partial charge in [-0.2, -0.15) is 0 Å². The van der Waals surface area contributed by atoms with Crippen LogP contribution >= 0.6 is 0 Å². The number of hydrogen-bond acceptors (Lipinski definition) is 4. The number of anilines is 1. The molecule has 2 N–H and O–H groups in total. The molecule has 1 aromatic rings.